The highest BCUT2D eigenvalue weighted by Crippen LogP contribution is 2.42. The summed E-state index contributed by atoms with van der Waals surface area (Å²) in [5, 5.41) is 2.99. The van der Waals surface area contributed by atoms with Crippen molar-refractivity contribution < 1.29 is 9.59 Å². The van der Waals surface area contributed by atoms with Crippen molar-refractivity contribution >= 4 is 11.8 Å². The summed E-state index contributed by atoms with van der Waals surface area (Å²) in [6.07, 6.45) is 6.97. The Morgan fingerprint density at radius 3 is 2.42 bits per heavy atom. The molecule has 1 saturated heterocycles. The van der Waals surface area contributed by atoms with Crippen molar-refractivity contribution in [1.82, 2.24) is 10.2 Å². The van der Waals surface area contributed by atoms with Gasteiger partial charge in [-0.2, -0.15) is 0 Å². The van der Waals surface area contributed by atoms with Gasteiger partial charge in [-0.3, -0.25) is 9.59 Å². The summed E-state index contributed by atoms with van der Waals surface area (Å²) < 4.78 is 0. The Hall–Kier alpha value is -1.06. The van der Waals surface area contributed by atoms with Crippen molar-refractivity contribution in [1.29, 1.82) is 0 Å². The van der Waals surface area contributed by atoms with E-state index in [-0.39, 0.29) is 24.4 Å². The highest BCUT2D eigenvalue weighted by Gasteiger charge is 2.51. The van der Waals surface area contributed by atoms with Crippen molar-refractivity contribution in [3.05, 3.63) is 0 Å². The number of hydrogen-bond donors (Lipinski definition) is 1. The molecule has 3 rings (SSSR count). The van der Waals surface area contributed by atoms with Crippen LogP contribution in [0.4, 0.5) is 0 Å². The fourth-order valence-corrected chi connectivity index (χ4v) is 4.14. The predicted octanol–water partition coefficient (Wildman–Crippen LogP) is 1.84. The molecule has 106 valence electrons. The Balaban J connectivity index is 1.81. The molecule has 1 heterocycles. The minimum absolute atomic E-state index is 0.0335. The number of rotatable bonds is 1. The van der Waals surface area contributed by atoms with E-state index >= 15 is 0 Å². The van der Waals surface area contributed by atoms with Gasteiger partial charge in [-0.25, -0.2) is 0 Å². The van der Waals surface area contributed by atoms with Crippen molar-refractivity contribution in [3.63, 3.8) is 0 Å². The number of nitrogens with one attached hydrogen (secondary N) is 1. The quantitative estimate of drug-likeness (QED) is 0.785. The SMILES string of the molecule is CC1(C)CCC(N2CC(=O)NC3(CCCC3)C2=O)C1. The van der Waals surface area contributed by atoms with E-state index in [0.717, 1.165) is 44.9 Å². The predicted molar refractivity (Wildman–Crippen MR) is 72.5 cm³/mol. The van der Waals surface area contributed by atoms with Crippen LogP contribution in [-0.4, -0.2) is 34.8 Å². The molecule has 1 spiro atoms. The number of nitrogens with zero attached hydrogens (tertiary/aromatic N) is 1. The first kappa shape index (κ1) is 12.9. The minimum Gasteiger partial charge on any atom is -0.340 e. The molecular formula is C15H24N2O2. The zero-order chi connectivity index (χ0) is 13.7. The highest BCUT2D eigenvalue weighted by atomic mass is 16.2. The molecule has 1 unspecified atom stereocenters. The Labute approximate surface area is 114 Å². The van der Waals surface area contributed by atoms with Crippen LogP contribution >= 0.6 is 0 Å². The van der Waals surface area contributed by atoms with Crippen LogP contribution in [0.1, 0.15) is 58.8 Å². The first-order chi connectivity index (χ1) is 8.92. The first-order valence-electron chi connectivity index (χ1n) is 7.54. The van der Waals surface area contributed by atoms with Crippen LogP contribution < -0.4 is 5.32 Å². The van der Waals surface area contributed by atoms with Crippen molar-refractivity contribution in [3.8, 4) is 0 Å². The third-order valence-corrected chi connectivity index (χ3v) is 5.20. The molecule has 0 bridgehead atoms. The molecular weight excluding hydrogens is 240 g/mol. The Morgan fingerprint density at radius 1 is 1.16 bits per heavy atom. The summed E-state index contributed by atoms with van der Waals surface area (Å²) in [4.78, 5) is 26.7. The second-order valence-corrected chi connectivity index (χ2v) is 7.33. The van der Waals surface area contributed by atoms with Crippen molar-refractivity contribution in [2.45, 2.75) is 70.4 Å². The third kappa shape index (κ3) is 2.15. The summed E-state index contributed by atoms with van der Waals surface area (Å²) in [5.74, 6) is 0.221. The molecule has 2 amide bonds. The molecule has 4 heteroatoms. The van der Waals surface area contributed by atoms with Crippen LogP contribution in [0.5, 0.6) is 0 Å². The zero-order valence-corrected chi connectivity index (χ0v) is 12.0. The third-order valence-electron chi connectivity index (χ3n) is 5.20. The standard InChI is InChI=1S/C15H24N2O2/c1-14(2)8-5-11(9-14)17-10-12(18)16-15(13(17)19)6-3-4-7-15/h11H,3-10H2,1-2H3,(H,16,18). The molecule has 3 fully saturated rings. The summed E-state index contributed by atoms with van der Waals surface area (Å²) in [6.45, 7) is 4.78. The first-order valence-corrected chi connectivity index (χ1v) is 7.54. The number of amides is 2. The smallest absolute Gasteiger partial charge is 0.249 e. The molecule has 3 aliphatic rings. The maximum absolute atomic E-state index is 12.8. The normalized spacial score (nSPS) is 32.9. The molecule has 0 aromatic heterocycles. The highest BCUT2D eigenvalue weighted by molar-refractivity contribution is 5.98. The van der Waals surface area contributed by atoms with E-state index in [9.17, 15) is 9.59 Å². The summed E-state index contributed by atoms with van der Waals surface area (Å²) in [7, 11) is 0. The van der Waals surface area contributed by atoms with E-state index < -0.39 is 5.54 Å². The van der Waals surface area contributed by atoms with E-state index in [4.69, 9.17) is 0 Å². The Bertz CT molecular complexity index is 410. The molecule has 4 nitrogen and oxygen atoms in total. The van der Waals surface area contributed by atoms with Crippen LogP contribution in [0.25, 0.3) is 0 Å². The van der Waals surface area contributed by atoms with Gasteiger partial charge in [-0.1, -0.05) is 26.7 Å². The molecule has 2 aliphatic carbocycles. The van der Waals surface area contributed by atoms with Crippen LogP contribution in [0, 0.1) is 5.41 Å². The lowest BCUT2D eigenvalue weighted by Crippen LogP contribution is -2.67. The zero-order valence-electron chi connectivity index (χ0n) is 12.0. The Kier molecular flexibility index (Phi) is 2.88. The number of carbonyl (C=O) groups excluding carboxylic acids is 2. The number of carbonyl (C=O) groups is 2. The van der Waals surface area contributed by atoms with Crippen LogP contribution in [0.2, 0.25) is 0 Å². The van der Waals surface area contributed by atoms with Gasteiger partial charge in [0.2, 0.25) is 11.8 Å². The number of piperazine rings is 1. The lowest BCUT2D eigenvalue weighted by Gasteiger charge is -2.42. The molecule has 1 N–H and O–H groups in total. The van der Waals surface area contributed by atoms with E-state index in [0.29, 0.717) is 5.41 Å². The van der Waals surface area contributed by atoms with Gasteiger partial charge in [0, 0.05) is 6.04 Å². The molecule has 2 saturated carbocycles. The second kappa shape index (κ2) is 4.22. The van der Waals surface area contributed by atoms with Gasteiger partial charge in [0.15, 0.2) is 0 Å². The second-order valence-electron chi connectivity index (χ2n) is 7.33. The van der Waals surface area contributed by atoms with Gasteiger partial charge in [-0.05, 0) is 37.5 Å². The van der Waals surface area contributed by atoms with Gasteiger partial charge in [0.05, 0.1) is 6.54 Å². The van der Waals surface area contributed by atoms with Crippen LogP contribution in [-0.2, 0) is 9.59 Å². The average Bonchev–Trinajstić information content (AvgIpc) is 2.91. The largest absolute Gasteiger partial charge is 0.340 e. The summed E-state index contributed by atoms with van der Waals surface area (Å²) in [5.41, 5.74) is -0.246. The lowest BCUT2D eigenvalue weighted by molar-refractivity contribution is -0.152. The van der Waals surface area contributed by atoms with E-state index in [1.165, 1.54) is 0 Å². The van der Waals surface area contributed by atoms with Gasteiger partial charge < -0.3 is 10.2 Å². The fraction of sp³-hybridized carbons (Fsp3) is 0.867. The molecule has 0 radical (unpaired) electrons. The molecule has 1 aliphatic heterocycles. The lowest BCUT2D eigenvalue weighted by atomic mass is 9.89. The molecule has 19 heavy (non-hydrogen) atoms. The Morgan fingerprint density at radius 2 is 1.84 bits per heavy atom. The molecule has 0 aromatic carbocycles. The average molecular weight is 264 g/mol. The van der Waals surface area contributed by atoms with Crippen molar-refractivity contribution in [2.75, 3.05) is 6.54 Å². The van der Waals surface area contributed by atoms with Gasteiger partial charge in [0.1, 0.15) is 5.54 Å². The van der Waals surface area contributed by atoms with Crippen LogP contribution in [0.3, 0.4) is 0 Å². The van der Waals surface area contributed by atoms with Gasteiger partial charge in [-0.15, -0.1) is 0 Å². The monoisotopic (exact) mass is 264 g/mol. The van der Waals surface area contributed by atoms with E-state index in [2.05, 4.69) is 19.2 Å². The number of hydrogen-bond acceptors (Lipinski definition) is 2. The molecule has 1 atom stereocenters. The summed E-state index contributed by atoms with van der Waals surface area (Å²) in [6, 6.07) is 0.269. The maximum atomic E-state index is 12.8. The van der Waals surface area contributed by atoms with E-state index in [1.807, 2.05) is 4.90 Å². The van der Waals surface area contributed by atoms with Gasteiger partial charge >= 0.3 is 0 Å². The van der Waals surface area contributed by atoms with Crippen LogP contribution in [0.15, 0.2) is 0 Å². The van der Waals surface area contributed by atoms with E-state index in [1.54, 1.807) is 0 Å². The van der Waals surface area contributed by atoms with Crippen molar-refractivity contribution in [2.24, 2.45) is 5.41 Å². The topological polar surface area (TPSA) is 49.4 Å². The maximum Gasteiger partial charge on any atom is 0.249 e. The summed E-state index contributed by atoms with van der Waals surface area (Å²) >= 11 is 0. The fourth-order valence-electron chi connectivity index (χ4n) is 4.14. The minimum atomic E-state index is -0.554. The van der Waals surface area contributed by atoms with Gasteiger partial charge in [0.25, 0.3) is 0 Å². The molecule has 0 aromatic rings.